The Kier molecular flexibility index (Phi) is 6.96. The van der Waals surface area contributed by atoms with Gasteiger partial charge in [0, 0.05) is 24.6 Å². The minimum absolute atomic E-state index is 0.0141. The summed E-state index contributed by atoms with van der Waals surface area (Å²) in [6.07, 6.45) is 0. The van der Waals surface area contributed by atoms with Gasteiger partial charge >= 0.3 is 0 Å². The first-order valence-corrected chi connectivity index (χ1v) is 7.40. The summed E-state index contributed by atoms with van der Waals surface area (Å²) in [5.41, 5.74) is 2.28. The van der Waals surface area contributed by atoms with Gasteiger partial charge in [0.15, 0.2) is 0 Å². The molecule has 0 aliphatic rings. The molecule has 1 rings (SSSR count). The molecule has 0 unspecified atom stereocenters. The summed E-state index contributed by atoms with van der Waals surface area (Å²) in [7, 11) is 0. The predicted octanol–water partition coefficient (Wildman–Crippen LogP) is 2.90. The van der Waals surface area contributed by atoms with Crippen molar-refractivity contribution in [2.75, 3.05) is 26.4 Å². The Labute approximate surface area is 122 Å². The molecule has 4 heteroatoms. The number of hydrogen-bond donors (Lipinski definition) is 1. The van der Waals surface area contributed by atoms with Crippen LogP contribution in [0.15, 0.2) is 12.1 Å². The molecule has 1 heterocycles. The lowest BCUT2D eigenvalue weighted by Crippen LogP contribution is -2.18. The van der Waals surface area contributed by atoms with Gasteiger partial charge in [-0.15, -0.1) is 0 Å². The van der Waals surface area contributed by atoms with Gasteiger partial charge in [0.1, 0.15) is 6.61 Å². The van der Waals surface area contributed by atoms with Crippen molar-refractivity contribution in [3.63, 3.8) is 0 Å². The second-order valence-electron chi connectivity index (χ2n) is 5.77. The van der Waals surface area contributed by atoms with Crippen LogP contribution < -0.4 is 10.1 Å². The van der Waals surface area contributed by atoms with Gasteiger partial charge in [0.25, 0.3) is 0 Å². The van der Waals surface area contributed by atoms with Crippen LogP contribution in [0, 0.1) is 0 Å². The van der Waals surface area contributed by atoms with E-state index in [0.29, 0.717) is 25.7 Å². The van der Waals surface area contributed by atoms with Crippen LogP contribution in [0.1, 0.15) is 45.9 Å². The first-order valence-electron chi connectivity index (χ1n) is 7.40. The molecule has 0 aromatic carbocycles. The standard InChI is InChI=1S/C16H28N2O2/c1-6-17-12-13-10-14(16(3,4)5)18-15(11-13)20-9-8-19-7-2/h10-11,17H,6-9,12H2,1-5H3. The number of nitrogens with one attached hydrogen (secondary N) is 1. The molecule has 0 saturated heterocycles. The van der Waals surface area contributed by atoms with E-state index in [1.165, 1.54) is 5.56 Å². The Bertz CT molecular complexity index is 400. The fraction of sp³-hybridized carbons (Fsp3) is 0.688. The van der Waals surface area contributed by atoms with Crippen LogP contribution in [0.5, 0.6) is 5.88 Å². The van der Waals surface area contributed by atoms with E-state index in [1.807, 2.05) is 13.0 Å². The van der Waals surface area contributed by atoms with Crippen LogP contribution in [0.3, 0.4) is 0 Å². The highest BCUT2D eigenvalue weighted by atomic mass is 16.5. The quantitative estimate of drug-likeness (QED) is 0.744. The third-order valence-electron chi connectivity index (χ3n) is 2.89. The Morgan fingerprint density at radius 2 is 1.90 bits per heavy atom. The molecule has 4 nitrogen and oxygen atoms in total. The fourth-order valence-corrected chi connectivity index (χ4v) is 1.74. The monoisotopic (exact) mass is 280 g/mol. The van der Waals surface area contributed by atoms with E-state index in [4.69, 9.17) is 9.47 Å². The van der Waals surface area contributed by atoms with Crippen molar-refractivity contribution in [3.8, 4) is 5.88 Å². The first-order chi connectivity index (χ1) is 9.47. The fourth-order valence-electron chi connectivity index (χ4n) is 1.74. The largest absolute Gasteiger partial charge is 0.475 e. The van der Waals surface area contributed by atoms with E-state index in [9.17, 15) is 0 Å². The van der Waals surface area contributed by atoms with Gasteiger partial charge in [0.05, 0.1) is 12.3 Å². The smallest absolute Gasteiger partial charge is 0.213 e. The maximum atomic E-state index is 5.70. The molecular formula is C16H28N2O2. The molecule has 0 spiro atoms. The van der Waals surface area contributed by atoms with Gasteiger partial charge in [0.2, 0.25) is 5.88 Å². The predicted molar refractivity (Wildman–Crippen MR) is 82.3 cm³/mol. The highest BCUT2D eigenvalue weighted by Crippen LogP contribution is 2.24. The Balaban J connectivity index is 2.80. The summed E-state index contributed by atoms with van der Waals surface area (Å²) < 4.78 is 11.0. The lowest BCUT2D eigenvalue weighted by atomic mass is 9.91. The molecule has 0 fully saturated rings. The van der Waals surface area contributed by atoms with E-state index in [0.717, 1.165) is 18.8 Å². The number of hydrogen-bond acceptors (Lipinski definition) is 4. The Morgan fingerprint density at radius 1 is 1.15 bits per heavy atom. The summed E-state index contributed by atoms with van der Waals surface area (Å²) >= 11 is 0. The zero-order chi connectivity index (χ0) is 15.0. The van der Waals surface area contributed by atoms with Gasteiger partial charge in [-0.2, -0.15) is 0 Å². The molecule has 0 amide bonds. The second-order valence-corrected chi connectivity index (χ2v) is 5.77. The van der Waals surface area contributed by atoms with E-state index in [1.54, 1.807) is 0 Å². The maximum absolute atomic E-state index is 5.70. The van der Waals surface area contributed by atoms with Crippen molar-refractivity contribution in [3.05, 3.63) is 23.4 Å². The molecule has 0 aliphatic heterocycles. The highest BCUT2D eigenvalue weighted by molar-refractivity contribution is 5.28. The zero-order valence-corrected chi connectivity index (χ0v) is 13.5. The van der Waals surface area contributed by atoms with Crippen LogP contribution in [0.2, 0.25) is 0 Å². The third kappa shape index (κ3) is 5.88. The van der Waals surface area contributed by atoms with Crippen molar-refractivity contribution in [1.29, 1.82) is 0 Å². The van der Waals surface area contributed by atoms with Crippen LogP contribution >= 0.6 is 0 Å². The van der Waals surface area contributed by atoms with Crippen LogP contribution in [0.4, 0.5) is 0 Å². The molecule has 1 aromatic heterocycles. The molecule has 0 atom stereocenters. The third-order valence-corrected chi connectivity index (χ3v) is 2.89. The second kappa shape index (κ2) is 8.22. The minimum Gasteiger partial charge on any atom is -0.475 e. The Morgan fingerprint density at radius 3 is 2.50 bits per heavy atom. The number of pyridine rings is 1. The average Bonchev–Trinajstić information content (AvgIpc) is 2.40. The van der Waals surface area contributed by atoms with Gasteiger partial charge in [-0.05, 0) is 25.1 Å². The number of ether oxygens (including phenoxy) is 2. The molecular weight excluding hydrogens is 252 g/mol. The van der Waals surface area contributed by atoms with E-state index < -0.39 is 0 Å². The molecule has 1 aromatic rings. The highest BCUT2D eigenvalue weighted by Gasteiger charge is 2.17. The molecule has 0 radical (unpaired) electrons. The summed E-state index contributed by atoms with van der Waals surface area (Å²) in [4.78, 5) is 4.60. The van der Waals surface area contributed by atoms with Crippen LogP contribution in [-0.2, 0) is 16.7 Å². The molecule has 20 heavy (non-hydrogen) atoms. The summed E-state index contributed by atoms with van der Waals surface area (Å²) in [6, 6.07) is 4.15. The molecule has 0 aliphatic carbocycles. The maximum Gasteiger partial charge on any atom is 0.213 e. The summed E-state index contributed by atoms with van der Waals surface area (Å²) in [6.45, 7) is 14.2. The first kappa shape index (κ1) is 16.9. The molecule has 1 N–H and O–H groups in total. The van der Waals surface area contributed by atoms with Gasteiger partial charge in [-0.1, -0.05) is 27.7 Å². The van der Waals surface area contributed by atoms with E-state index >= 15 is 0 Å². The number of nitrogens with zero attached hydrogens (tertiary/aromatic N) is 1. The van der Waals surface area contributed by atoms with E-state index in [2.05, 4.69) is 44.1 Å². The normalized spacial score (nSPS) is 11.7. The van der Waals surface area contributed by atoms with Crippen molar-refractivity contribution < 1.29 is 9.47 Å². The van der Waals surface area contributed by atoms with Crippen molar-refractivity contribution in [1.82, 2.24) is 10.3 Å². The molecule has 0 bridgehead atoms. The van der Waals surface area contributed by atoms with Crippen molar-refractivity contribution in [2.24, 2.45) is 0 Å². The van der Waals surface area contributed by atoms with Gasteiger partial charge in [-0.25, -0.2) is 4.98 Å². The van der Waals surface area contributed by atoms with Gasteiger partial charge in [-0.3, -0.25) is 0 Å². The topological polar surface area (TPSA) is 43.4 Å². The van der Waals surface area contributed by atoms with Crippen molar-refractivity contribution >= 4 is 0 Å². The SMILES string of the molecule is CCNCc1cc(OCCOCC)nc(C(C)(C)C)c1. The summed E-state index contributed by atoms with van der Waals surface area (Å²) in [5, 5.41) is 3.34. The zero-order valence-electron chi connectivity index (χ0n) is 13.5. The van der Waals surface area contributed by atoms with Crippen LogP contribution in [0.25, 0.3) is 0 Å². The lowest BCUT2D eigenvalue weighted by molar-refractivity contribution is 0.108. The van der Waals surface area contributed by atoms with Crippen molar-refractivity contribution in [2.45, 2.75) is 46.6 Å². The number of aromatic nitrogens is 1. The number of rotatable bonds is 8. The lowest BCUT2D eigenvalue weighted by Gasteiger charge is -2.20. The van der Waals surface area contributed by atoms with E-state index in [-0.39, 0.29) is 5.41 Å². The molecule has 0 saturated carbocycles. The summed E-state index contributed by atoms with van der Waals surface area (Å²) in [5.74, 6) is 0.685. The average molecular weight is 280 g/mol. The molecule has 114 valence electrons. The Hall–Kier alpha value is -1.13. The van der Waals surface area contributed by atoms with Gasteiger partial charge < -0.3 is 14.8 Å². The van der Waals surface area contributed by atoms with Crippen LogP contribution in [-0.4, -0.2) is 31.3 Å². The minimum atomic E-state index is 0.0141.